The number of hydrogen-bond donors (Lipinski definition) is 0. The fraction of sp³-hybridized carbons (Fsp3) is 0.467. The second-order valence-electron chi connectivity index (χ2n) is 5.21. The van der Waals surface area contributed by atoms with Gasteiger partial charge in [0.05, 0.1) is 36.5 Å². The molecule has 4 atom stereocenters. The summed E-state index contributed by atoms with van der Waals surface area (Å²) in [6.07, 6.45) is -0.491. The third-order valence-corrected chi connectivity index (χ3v) is 3.76. The summed E-state index contributed by atoms with van der Waals surface area (Å²) in [5.41, 5.74) is 0.942. The van der Waals surface area contributed by atoms with E-state index in [0.717, 1.165) is 0 Å². The van der Waals surface area contributed by atoms with Crippen LogP contribution in [0.1, 0.15) is 22.8 Å². The molecule has 3 rings (SSSR count). The van der Waals surface area contributed by atoms with Crippen LogP contribution in [-0.2, 0) is 14.2 Å². The van der Waals surface area contributed by atoms with Crippen molar-refractivity contribution in [2.24, 2.45) is 5.92 Å². The van der Waals surface area contributed by atoms with Gasteiger partial charge in [-0.15, -0.1) is 0 Å². The number of nitriles is 1. The predicted octanol–water partition coefficient (Wildman–Crippen LogP) is 1.52. The van der Waals surface area contributed by atoms with E-state index >= 15 is 0 Å². The lowest BCUT2D eigenvalue weighted by molar-refractivity contribution is -0.0158. The molecule has 0 saturated carbocycles. The predicted molar refractivity (Wildman–Crippen MR) is 69.0 cm³/mol. The first kappa shape index (κ1) is 13.1. The Bertz CT molecular complexity index is 548. The molecular weight excluding hydrogens is 258 g/mol. The summed E-state index contributed by atoms with van der Waals surface area (Å²) in [6, 6.07) is 8.38. The minimum Gasteiger partial charge on any atom is -0.453 e. The Morgan fingerprint density at radius 2 is 1.95 bits per heavy atom. The van der Waals surface area contributed by atoms with Gasteiger partial charge >= 0.3 is 5.97 Å². The summed E-state index contributed by atoms with van der Waals surface area (Å²) >= 11 is 0. The third kappa shape index (κ3) is 2.28. The molecule has 0 N–H and O–H groups in total. The summed E-state index contributed by atoms with van der Waals surface area (Å²) in [6.45, 7) is 3.08. The number of nitrogens with zero attached hydrogens (tertiary/aromatic N) is 1. The maximum atomic E-state index is 12.1. The van der Waals surface area contributed by atoms with Crippen LogP contribution < -0.4 is 0 Å². The molecule has 5 heteroatoms. The second kappa shape index (κ2) is 5.23. The van der Waals surface area contributed by atoms with Crippen LogP contribution in [0, 0.1) is 17.2 Å². The Labute approximate surface area is 117 Å². The number of carbonyl (C=O) groups is 1. The monoisotopic (exact) mass is 273 g/mol. The van der Waals surface area contributed by atoms with Crippen molar-refractivity contribution >= 4 is 5.97 Å². The van der Waals surface area contributed by atoms with Gasteiger partial charge in [0.15, 0.2) is 6.10 Å². The van der Waals surface area contributed by atoms with Crippen molar-refractivity contribution in [1.29, 1.82) is 5.26 Å². The van der Waals surface area contributed by atoms with Gasteiger partial charge in [-0.25, -0.2) is 4.79 Å². The van der Waals surface area contributed by atoms with Crippen LogP contribution >= 0.6 is 0 Å². The number of rotatable bonds is 2. The standard InChI is InChI=1S/C15H15NO4/c1-9-7-18-14-12(8-19-13(9)14)20-15(17)11-4-2-10(6-16)3-5-11/h2-5,9,12-14H,7-8H2,1H3/t9-,12?,13?,14?/m0/s1. The molecule has 2 heterocycles. The zero-order chi connectivity index (χ0) is 14.1. The van der Waals surface area contributed by atoms with Crippen LogP contribution in [0.15, 0.2) is 24.3 Å². The molecule has 5 nitrogen and oxygen atoms in total. The summed E-state index contributed by atoms with van der Waals surface area (Å²) in [7, 11) is 0. The van der Waals surface area contributed by atoms with E-state index < -0.39 is 5.97 Å². The van der Waals surface area contributed by atoms with Crippen molar-refractivity contribution in [2.45, 2.75) is 25.2 Å². The SMILES string of the molecule is C[C@H]1COC2C(OC(=O)c3ccc(C#N)cc3)COC21. The molecule has 20 heavy (non-hydrogen) atoms. The first-order valence-corrected chi connectivity index (χ1v) is 6.63. The first-order valence-electron chi connectivity index (χ1n) is 6.63. The summed E-state index contributed by atoms with van der Waals surface area (Å²) in [5, 5.41) is 8.73. The topological polar surface area (TPSA) is 68.5 Å². The van der Waals surface area contributed by atoms with Crippen LogP contribution in [0.4, 0.5) is 0 Å². The molecule has 0 aromatic heterocycles. The average molecular weight is 273 g/mol. The molecule has 0 spiro atoms. The Kier molecular flexibility index (Phi) is 3.43. The fourth-order valence-electron chi connectivity index (χ4n) is 2.64. The quantitative estimate of drug-likeness (QED) is 0.764. The number of fused-ring (bicyclic) bond motifs is 1. The van der Waals surface area contributed by atoms with Gasteiger partial charge in [0, 0.05) is 5.92 Å². The van der Waals surface area contributed by atoms with E-state index in [9.17, 15) is 4.79 Å². The minimum absolute atomic E-state index is 0.0220. The van der Waals surface area contributed by atoms with Crippen molar-refractivity contribution in [3.05, 3.63) is 35.4 Å². The zero-order valence-corrected chi connectivity index (χ0v) is 11.1. The van der Waals surface area contributed by atoms with E-state index in [4.69, 9.17) is 19.5 Å². The zero-order valence-electron chi connectivity index (χ0n) is 11.1. The van der Waals surface area contributed by atoms with Gasteiger partial charge in [-0.3, -0.25) is 0 Å². The van der Waals surface area contributed by atoms with E-state index in [1.165, 1.54) is 0 Å². The lowest BCUT2D eigenvalue weighted by Gasteiger charge is -2.16. The molecule has 1 aromatic rings. The van der Waals surface area contributed by atoms with Crippen LogP contribution in [0.2, 0.25) is 0 Å². The van der Waals surface area contributed by atoms with Gasteiger partial charge in [-0.05, 0) is 24.3 Å². The van der Waals surface area contributed by atoms with Crippen molar-refractivity contribution in [1.82, 2.24) is 0 Å². The number of hydrogen-bond acceptors (Lipinski definition) is 5. The summed E-state index contributed by atoms with van der Waals surface area (Å²) in [4.78, 5) is 12.1. The van der Waals surface area contributed by atoms with E-state index in [0.29, 0.717) is 30.3 Å². The highest BCUT2D eigenvalue weighted by molar-refractivity contribution is 5.89. The maximum absolute atomic E-state index is 12.1. The van der Waals surface area contributed by atoms with E-state index in [-0.39, 0.29) is 18.3 Å². The van der Waals surface area contributed by atoms with Crippen molar-refractivity contribution in [2.75, 3.05) is 13.2 Å². The highest BCUT2D eigenvalue weighted by Gasteiger charge is 2.47. The van der Waals surface area contributed by atoms with E-state index in [1.807, 2.05) is 6.07 Å². The Hall–Kier alpha value is -1.90. The molecule has 0 bridgehead atoms. The van der Waals surface area contributed by atoms with Crippen molar-refractivity contribution in [3.8, 4) is 6.07 Å². The average Bonchev–Trinajstić information content (AvgIpc) is 3.03. The molecule has 0 amide bonds. The molecule has 2 fully saturated rings. The summed E-state index contributed by atoms with van der Waals surface area (Å²) in [5.74, 6) is -0.0782. The maximum Gasteiger partial charge on any atom is 0.338 e. The number of benzene rings is 1. The van der Waals surface area contributed by atoms with Gasteiger partial charge in [0.2, 0.25) is 0 Å². The Morgan fingerprint density at radius 3 is 2.65 bits per heavy atom. The minimum atomic E-state index is -0.410. The number of ether oxygens (including phenoxy) is 3. The molecule has 2 saturated heterocycles. The highest BCUT2D eigenvalue weighted by Crippen LogP contribution is 2.32. The second-order valence-corrected chi connectivity index (χ2v) is 5.21. The van der Waals surface area contributed by atoms with E-state index in [1.54, 1.807) is 24.3 Å². The molecule has 0 radical (unpaired) electrons. The molecule has 104 valence electrons. The fourth-order valence-corrected chi connectivity index (χ4v) is 2.64. The number of carbonyl (C=O) groups excluding carboxylic acids is 1. The van der Waals surface area contributed by atoms with Crippen molar-refractivity contribution in [3.63, 3.8) is 0 Å². The molecule has 3 unspecified atom stereocenters. The van der Waals surface area contributed by atoms with E-state index in [2.05, 4.69) is 6.92 Å². The van der Waals surface area contributed by atoms with Gasteiger partial charge in [-0.2, -0.15) is 5.26 Å². The third-order valence-electron chi connectivity index (χ3n) is 3.76. The largest absolute Gasteiger partial charge is 0.453 e. The van der Waals surface area contributed by atoms with Crippen molar-refractivity contribution < 1.29 is 19.0 Å². The molecule has 2 aliphatic rings. The molecule has 1 aromatic carbocycles. The smallest absolute Gasteiger partial charge is 0.338 e. The summed E-state index contributed by atoms with van der Waals surface area (Å²) < 4.78 is 16.7. The van der Waals surface area contributed by atoms with Crippen LogP contribution in [-0.4, -0.2) is 37.5 Å². The highest BCUT2D eigenvalue weighted by atomic mass is 16.6. The lowest BCUT2D eigenvalue weighted by atomic mass is 10.0. The van der Waals surface area contributed by atoms with Crippen LogP contribution in [0.5, 0.6) is 0 Å². The molecule has 2 aliphatic heterocycles. The Balaban J connectivity index is 1.66. The number of esters is 1. The normalized spacial score (nSPS) is 31.6. The first-order chi connectivity index (χ1) is 9.69. The van der Waals surface area contributed by atoms with Gasteiger partial charge in [0.1, 0.15) is 6.10 Å². The van der Waals surface area contributed by atoms with Gasteiger partial charge in [-0.1, -0.05) is 6.92 Å². The molecule has 0 aliphatic carbocycles. The molecular formula is C15H15NO4. The van der Waals surface area contributed by atoms with Gasteiger partial charge < -0.3 is 14.2 Å². The van der Waals surface area contributed by atoms with Crippen LogP contribution in [0.3, 0.4) is 0 Å². The lowest BCUT2D eigenvalue weighted by Crippen LogP contribution is -2.32. The Morgan fingerprint density at radius 1 is 1.25 bits per heavy atom. The van der Waals surface area contributed by atoms with Crippen LogP contribution in [0.25, 0.3) is 0 Å². The van der Waals surface area contributed by atoms with Gasteiger partial charge in [0.25, 0.3) is 0 Å².